The Morgan fingerprint density at radius 1 is 1.33 bits per heavy atom. The van der Waals surface area contributed by atoms with Gasteiger partial charge in [0.2, 0.25) is 0 Å². The maximum absolute atomic E-state index is 13.5. The first-order valence-corrected chi connectivity index (χ1v) is 12.5. The van der Waals surface area contributed by atoms with Gasteiger partial charge in [0.05, 0.1) is 18.4 Å². The fourth-order valence-corrected chi connectivity index (χ4v) is 4.92. The van der Waals surface area contributed by atoms with E-state index < -0.39 is 17.1 Å². The SMILES string of the molecule is CC1CNC[C@](C(=O)N[C@H](C#N)Cc2ccc(C3=CCC4OC(=O)N(C)C4=C3)cc2)(C(C)(C)C)OC1. The monoisotopic (exact) mass is 492 g/mol. The number of nitrogens with one attached hydrogen (secondary N) is 2. The number of nitrogens with zero attached hydrogens (tertiary/aromatic N) is 2. The molecule has 0 bridgehead atoms. The van der Waals surface area contributed by atoms with Crippen LogP contribution in [0.5, 0.6) is 0 Å². The van der Waals surface area contributed by atoms with Gasteiger partial charge in [0.25, 0.3) is 5.91 Å². The fraction of sp³-hybridized carbons (Fsp3) is 0.536. The van der Waals surface area contributed by atoms with Crippen molar-refractivity contribution in [3.05, 3.63) is 53.2 Å². The molecule has 36 heavy (non-hydrogen) atoms. The molecule has 0 aromatic heterocycles. The Kier molecular flexibility index (Phi) is 7.26. The lowest BCUT2D eigenvalue weighted by Crippen LogP contribution is -2.62. The molecule has 3 aliphatic rings. The van der Waals surface area contributed by atoms with Gasteiger partial charge in [-0.2, -0.15) is 5.26 Å². The second kappa shape index (κ2) is 10.1. The van der Waals surface area contributed by atoms with Crippen molar-refractivity contribution in [3.8, 4) is 6.07 Å². The summed E-state index contributed by atoms with van der Waals surface area (Å²) in [5.74, 6) is 0.0426. The van der Waals surface area contributed by atoms with Crippen LogP contribution in [0.4, 0.5) is 4.79 Å². The van der Waals surface area contributed by atoms with Crippen LogP contribution in [0.15, 0.2) is 42.1 Å². The number of carbonyl (C=O) groups excluding carboxylic acids is 2. The molecule has 8 nitrogen and oxygen atoms in total. The molecule has 2 aliphatic heterocycles. The van der Waals surface area contributed by atoms with E-state index in [1.807, 2.05) is 51.1 Å². The molecule has 4 rings (SSSR count). The van der Waals surface area contributed by atoms with Crippen LogP contribution in [0.25, 0.3) is 5.57 Å². The molecule has 2 saturated heterocycles. The number of allylic oxidation sites excluding steroid dienone is 2. The van der Waals surface area contributed by atoms with Crippen LogP contribution in [0, 0.1) is 22.7 Å². The van der Waals surface area contributed by atoms with E-state index >= 15 is 0 Å². The predicted octanol–water partition coefficient (Wildman–Crippen LogP) is 3.40. The number of nitriles is 1. The van der Waals surface area contributed by atoms with Gasteiger partial charge in [0, 0.05) is 38.4 Å². The van der Waals surface area contributed by atoms with Crippen molar-refractivity contribution >= 4 is 17.6 Å². The molecule has 2 amide bonds. The Bertz CT molecular complexity index is 1110. The summed E-state index contributed by atoms with van der Waals surface area (Å²) in [6, 6.07) is 9.52. The highest BCUT2D eigenvalue weighted by Crippen LogP contribution is 2.36. The van der Waals surface area contributed by atoms with Gasteiger partial charge in [-0.1, -0.05) is 58.0 Å². The smallest absolute Gasteiger partial charge is 0.414 e. The van der Waals surface area contributed by atoms with Crippen molar-refractivity contribution < 1.29 is 19.1 Å². The van der Waals surface area contributed by atoms with Crippen LogP contribution < -0.4 is 10.6 Å². The summed E-state index contributed by atoms with van der Waals surface area (Å²) in [5, 5.41) is 16.1. The quantitative estimate of drug-likeness (QED) is 0.653. The van der Waals surface area contributed by atoms with E-state index in [1.165, 1.54) is 0 Å². The summed E-state index contributed by atoms with van der Waals surface area (Å²) in [4.78, 5) is 26.9. The largest absolute Gasteiger partial charge is 0.439 e. The number of carbonyl (C=O) groups is 2. The van der Waals surface area contributed by atoms with Crippen molar-refractivity contribution in [2.75, 3.05) is 26.7 Å². The van der Waals surface area contributed by atoms with Gasteiger partial charge >= 0.3 is 6.09 Å². The molecule has 192 valence electrons. The summed E-state index contributed by atoms with van der Waals surface area (Å²) in [6.07, 6.45) is 4.56. The number of likely N-dealkylation sites (N-methyl/N-ethyl adjacent to an activating group) is 1. The second-order valence-corrected chi connectivity index (χ2v) is 11.1. The number of amides is 2. The number of fused-ring (bicyclic) bond motifs is 1. The molecule has 0 spiro atoms. The van der Waals surface area contributed by atoms with Crippen LogP contribution in [-0.4, -0.2) is 61.4 Å². The molecule has 1 aromatic rings. The normalized spacial score (nSPS) is 27.1. The zero-order chi connectivity index (χ0) is 26.1. The Morgan fingerprint density at radius 3 is 2.72 bits per heavy atom. The average molecular weight is 493 g/mol. The van der Waals surface area contributed by atoms with Crippen molar-refractivity contribution in [2.24, 2.45) is 11.3 Å². The molecule has 4 atom stereocenters. The lowest BCUT2D eigenvalue weighted by molar-refractivity contribution is -0.164. The zero-order valence-corrected chi connectivity index (χ0v) is 21.8. The Labute approximate surface area is 213 Å². The van der Waals surface area contributed by atoms with Gasteiger partial charge in [-0.25, -0.2) is 4.79 Å². The molecule has 2 unspecified atom stereocenters. The van der Waals surface area contributed by atoms with Crippen molar-refractivity contribution in [2.45, 2.75) is 58.3 Å². The Balaban J connectivity index is 1.44. The van der Waals surface area contributed by atoms with Gasteiger partial charge in [-0.15, -0.1) is 0 Å². The Morgan fingerprint density at radius 2 is 2.06 bits per heavy atom. The van der Waals surface area contributed by atoms with Crippen LogP contribution >= 0.6 is 0 Å². The third-order valence-electron chi connectivity index (χ3n) is 7.34. The third-order valence-corrected chi connectivity index (χ3v) is 7.34. The predicted molar refractivity (Wildman–Crippen MR) is 137 cm³/mol. The highest BCUT2D eigenvalue weighted by atomic mass is 16.6. The molecule has 1 aromatic carbocycles. The van der Waals surface area contributed by atoms with E-state index in [0.29, 0.717) is 31.9 Å². The first-order chi connectivity index (χ1) is 17.0. The molecular weight excluding hydrogens is 456 g/mol. The second-order valence-electron chi connectivity index (χ2n) is 11.1. The van der Waals surface area contributed by atoms with Gasteiger partial charge in [-0.05, 0) is 28.7 Å². The standard InChI is InChI=1S/C28H36N4O4/c1-18-15-30-17-28(35-16-18,27(2,3)4)25(33)31-22(14-29)12-19-6-8-20(9-7-19)21-10-11-24-23(13-21)32(5)26(34)36-24/h6-10,13,18,22,24,30H,11-12,15-17H2,1-5H3,(H,31,33)/t18?,22-,24?,28-/m0/s1. The lowest BCUT2D eigenvalue weighted by Gasteiger charge is -2.42. The molecule has 2 heterocycles. The van der Waals surface area contributed by atoms with Crippen LogP contribution in [0.3, 0.4) is 0 Å². The van der Waals surface area contributed by atoms with E-state index in [0.717, 1.165) is 28.9 Å². The minimum absolute atomic E-state index is 0.210. The summed E-state index contributed by atoms with van der Waals surface area (Å²) in [7, 11) is 1.72. The van der Waals surface area contributed by atoms with Crippen LogP contribution in [0.1, 0.15) is 45.2 Å². The van der Waals surface area contributed by atoms with E-state index in [2.05, 4.69) is 29.7 Å². The zero-order valence-electron chi connectivity index (χ0n) is 21.8. The van der Waals surface area contributed by atoms with Gasteiger partial charge in [-0.3, -0.25) is 9.69 Å². The number of ether oxygens (including phenoxy) is 2. The van der Waals surface area contributed by atoms with Crippen molar-refractivity contribution in [3.63, 3.8) is 0 Å². The average Bonchev–Trinajstić information content (AvgIpc) is 2.99. The summed E-state index contributed by atoms with van der Waals surface area (Å²) >= 11 is 0. The van der Waals surface area contributed by atoms with E-state index in [-0.39, 0.29) is 18.1 Å². The molecule has 2 fully saturated rings. The minimum atomic E-state index is -1.06. The maximum atomic E-state index is 13.5. The van der Waals surface area contributed by atoms with Crippen LogP contribution in [0.2, 0.25) is 0 Å². The number of rotatable bonds is 5. The summed E-state index contributed by atoms with van der Waals surface area (Å²) in [6.45, 7) is 9.74. The maximum Gasteiger partial charge on any atom is 0.414 e. The van der Waals surface area contributed by atoms with E-state index in [1.54, 1.807) is 11.9 Å². The molecule has 8 heteroatoms. The van der Waals surface area contributed by atoms with E-state index in [9.17, 15) is 14.9 Å². The fourth-order valence-electron chi connectivity index (χ4n) is 4.92. The molecule has 0 radical (unpaired) electrons. The van der Waals surface area contributed by atoms with Crippen molar-refractivity contribution in [1.29, 1.82) is 5.26 Å². The highest BCUT2D eigenvalue weighted by Gasteiger charge is 2.51. The van der Waals surface area contributed by atoms with Gasteiger partial charge in [0.15, 0.2) is 5.60 Å². The van der Waals surface area contributed by atoms with Crippen molar-refractivity contribution in [1.82, 2.24) is 15.5 Å². The van der Waals surface area contributed by atoms with Gasteiger partial charge < -0.3 is 20.1 Å². The van der Waals surface area contributed by atoms with Crippen LogP contribution in [-0.2, 0) is 20.7 Å². The first-order valence-electron chi connectivity index (χ1n) is 12.5. The van der Waals surface area contributed by atoms with Gasteiger partial charge in [0.1, 0.15) is 12.1 Å². The minimum Gasteiger partial charge on any atom is -0.439 e. The number of hydrogen-bond acceptors (Lipinski definition) is 6. The number of benzene rings is 1. The molecule has 1 aliphatic carbocycles. The summed E-state index contributed by atoms with van der Waals surface area (Å²) < 4.78 is 11.6. The van der Waals surface area contributed by atoms with E-state index in [4.69, 9.17) is 9.47 Å². The Hall–Kier alpha value is -3.15. The number of hydrogen-bond donors (Lipinski definition) is 2. The lowest BCUT2D eigenvalue weighted by atomic mass is 9.75. The molecule has 0 saturated carbocycles. The highest BCUT2D eigenvalue weighted by molar-refractivity contribution is 5.87. The summed E-state index contributed by atoms with van der Waals surface area (Å²) in [5.41, 5.74) is 2.35. The first kappa shape index (κ1) is 25.9. The third kappa shape index (κ3) is 5.04. The molecule has 2 N–H and O–H groups in total. The molecular formula is C28H36N4O4. The topological polar surface area (TPSA) is 104 Å².